The molecule has 1 heterocycles. The van der Waals surface area contributed by atoms with Gasteiger partial charge in [0.2, 0.25) is 0 Å². The van der Waals surface area contributed by atoms with Gasteiger partial charge < -0.3 is 15.5 Å². The standard InChI is InChI=1S/C28H26Cl2F3N3O5/c1-3-18(7-4-16(2)41-28(31,32)33)23-13-24(20-10-21(29)12-22(30)11-20)36(35-23)15-17-5-8-19(9-6-17)26(38)34-14-25(37)27(39)40/h3-13,16,25,37H,14-15H2,1-2H3,(H,34,38)(H,39,40)/b7-4-,18-3+. The van der Waals surface area contributed by atoms with Crippen LogP contribution in [0.5, 0.6) is 0 Å². The van der Waals surface area contributed by atoms with Crippen molar-refractivity contribution in [3.05, 3.63) is 93.6 Å². The molecule has 3 rings (SSSR count). The van der Waals surface area contributed by atoms with E-state index < -0.39 is 37.0 Å². The number of allylic oxidation sites excluding steroid dienone is 3. The van der Waals surface area contributed by atoms with E-state index in [-0.39, 0.29) is 12.1 Å². The van der Waals surface area contributed by atoms with E-state index in [1.54, 1.807) is 66.2 Å². The largest absolute Gasteiger partial charge is 0.523 e. The molecule has 1 amide bonds. The molecule has 0 aliphatic heterocycles. The topological polar surface area (TPSA) is 114 Å². The molecule has 0 saturated heterocycles. The second-order valence-corrected chi connectivity index (χ2v) is 9.74. The van der Waals surface area contributed by atoms with Gasteiger partial charge in [-0.3, -0.25) is 14.2 Å². The molecule has 0 aliphatic rings. The van der Waals surface area contributed by atoms with Crippen LogP contribution in [0, 0.1) is 0 Å². The van der Waals surface area contributed by atoms with Crippen LogP contribution in [0.3, 0.4) is 0 Å². The fraction of sp³-hybridized carbons (Fsp3) is 0.250. The first-order valence-corrected chi connectivity index (χ1v) is 12.9. The number of benzene rings is 2. The Morgan fingerprint density at radius 1 is 1.12 bits per heavy atom. The minimum atomic E-state index is -4.77. The number of aliphatic hydroxyl groups is 1. The number of ether oxygens (including phenoxy) is 1. The van der Waals surface area contributed by atoms with E-state index in [4.69, 9.17) is 28.3 Å². The maximum Gasteiger partial charge on any atom is 0.523 e. The molecule has 3 N–H and O–H groups in total. The fourth-order valence-electron chi connectivity index (χ4n) is 3.74. The van der Waals surface area contributed by atoms with Crippen molar-refractivity contribution < 1.29 is 37.7 Å². The molecule has 41 heavy (non-hydrogen) atoms. The van der Waals surface area contributed by atoms with Crippen LogP contribution < -0.4 is 5.32 Å². The number of amides is 1. The van der Waals surface area contributed by atoms with Crippen LogP contribution in [0.4, 0.5) is 13.2 Å². The van der Waals surface area contributed by atoms with Crippen molar-refractivity contribution in [2.24, 2.45) is 0 Å². The van der Waals surface area contributed by atoms with Crippen molar-refractivity contribution in [1.82, 2.24) is 15.1 Å². The van der Waals surface area contributed by atoms with Gasteiger partial charge in [-0.1, -0.05) is 53.6 Å². The fourth-order valence-corrected chi connectivity index (χ4v) is 4.27. The highest BCUT2D eigenvalue weighted by molar-refractivity contribution is 6.35. The van der Waals surface area contributed by atoms with Crippen LogP contribution >= 0.6 is 23.2 Å². The number of carboxylic acid groups (broad SMARTS) is 1. The predicted octanol–water partition coefficient (Wildman–Crippen LogP) is 5.96. The van der Waals surface area contributed by atoms with Gasteiger partial charge in [0.1, 0.15) is 0 Å². The highest BCUT2D eigenvalue weighted by Gasteiger charge is 2.31. The molecule has 0 fully saturated rings. The maximum absolute atomic E-state index is 12.6. The minimum Gasteiger partial charge on any atom is -0.479 e. The van der Waals surface area contributed by atoms with Crippen molar-refractivity contribution in [1.29, 1.82) is 0 Å². The van der Waals surface area contributed by atoms with Crippen molar-refractivity contribution in [2.45, 2.75) is 39.0 Å². The van der Waals surface area contributed by atoms with E-state index >= 15 is 0 Å². The Kier molecular flexibility index (Phi) is 10.7. The third kappa shape index (κ3) is 9.46. The van der Waals surface area contributed by atoms with E-state index in [2.05, 4.69) is 15.2 Å². The summed E-state index contributed by atoms with van der Waals surface area (Å²) in [6, 6.07) is 13.2. The Morgan fingerprint density at radius 2 is 1.76 bits per heavy atom. The lowest BCUT2D eigenvalue weighted by atomic mass is 10.1. The molecule has 3 aromatic rings. The molecule has 0 radical (unpaired) electrons. The second kappa shape index (κ2) is 13.8. The lowest BCUT2D eigenvalue weighted by Gasteiger charge is -2.11. The Morgan fingerprint density at radius 3 is 2.32 bits per heavy atom. The van der Waals surface area contributed by atoms with Gasteiger partial charge in [-0.25, -0.2) is 4.79 Å². The first-order valence-electron chi connectivity index (χ1n) is 12.2. The van der Waals surface area contributed by atoms with Crippen molar-refractivity contribution in [3.8, 4) is 11.3 Å². The first-order chi connectivity index (χ1) is 19.3. The third-order valence-corrected chi connectivity index (χ3v) is 6.14. The smallest absolute Gasteiger partial charge is 0.479 e. The number of aromatic nitrogens is 2. The van der Waals surface area contributed by atoms with Crippen LogP contribution in [0.2, 0.25) is 10.0 Å². The van der Waals surface area contributed by atoms with Gasteiger partial charge >= 0.3 is 12.3 Å². The average molecular weight is 612 g/mol. The predicted molar refractivity (Wildman–Crippen MR) is 149 cm³/mol. The SMILES string of the molecule is C/C=C(\C=C/C(C)OC(F)(F)F)c1cc(-c2cc(Cl)cc(Cl)c2)n(Cc2ccc(C(=O)NCC(O)C(=O)O)cc2)n1. The number of carboxylic acids is 1. The summed E-state index contributed by atoms with van der Waals surface area (Å²) in [5, 5.41) is 25.9. The Balaban J connectivity index is 1.90. The van der Waals surface area contributed by atoms with Crippen molar-refractivity contribution in [2.75, 3.05) is 6.54 Å². The summed E-state index contributed by atoms with van der Waals surface area (Å²) in [5.41, 5.74) is 3.31. The number of aliphatic carboxylic acids is 1. The molecule has 2 unspecified atom stereocenters. The Hall–Kier alpha value is -3.64. The summed E-state index contributed by atoms with van der Waals surface area (Å²) in [6.45, 7) is 2.80. The van der Waals surface area contributed by atoms with Gasteiger partial charge in [0.25, 0.3) is 5.91 Å². The zero-order valence-corrected chi connectivity index (χ0v) is 23.3. The number of halogens is 5. The second-order valence-electron chi connectivity index (χ2n) is 8.86. The van der Waals surface area contributed by atoms with E-state index in [1.807, 2.05) is 0 Å². The highest BCUT2D eigenvalue weighted by Crippen LogP contribution is 2.30. The number of hydrogen-bond acceptors (Lipinski definition) is 5. The van der Waals surface area contributed by atoms with Crippen LogP contribution in [-0.4, -0.2) is 57.0 Å². The molecule has 218 valence electrons. The number of carbonyl (C=O) groups is 2. The van der Waals surface area contributed by atoms with Crippen molar-refractivity contribution in [3.63, 3.8) is 0 Å². The van der Waals surface area contributed by atoms with Crippen LogP contribution in [0.25, 0.3) is 16.8 Å². The molecule has 0 spiro atoms. The molecule has 0 aliphatic carbocycles. The third-order valence-electron chi connectivity index (χ3n) is 5.70. The van der Waals surface area contributed by atoms with Gasteiger partial charge in [-0.05, 0) is 61.4 Å². The summed E-state index contributed by atoms with van der Waals surface area (Å²) in [7, 11) is 0. The zero-order valence-electron chi connectivity index (χ0n) is 21.8. The summed E-state index contributed by atoms with van der Waals surface area (Å²) < 4.78 is 43.3. The van der Waals surface area contributed by atoms with E-state index in [9.17, 15) is 27.9 Å². The molecule has 2 atom stereocenters. The normalized spacial score (nSPS) is 13.8. The van der Waals surface area contributed by atoms with Gasteiger partial charge in [0, 0.05) is 21.2 Å². The molecule has 0 bridgehead atoms. The molecular formula is C28H26Cl2F3N3O5. The van der Waals surface area contributed by atoms with Crippen molar-refractivity contribution >= 4 is 40.7 Å². The maximum atomic E-state index is 12.6. The Labute approximate surface area is 243 Å². The number of hydrogen-bond donors (Lipinski definition) is 3. The first kappa shape index (κ1) is 31.9. The molecule has 1 aromatic heterocycles. The van der Waals surface area contributed by atoms with Crippen LogP contribution in [0.15, 0.2) is 66.8 Å². The molecule has 2 aromatic carbocycles. The van der Waals surface area contributed by atoms with Crippen LogP contribution in [0.1, 0.15) is 35.5 Å². The number of rotatable bonds is 11. The zero-order chi connectivity index (χ0) is 30.3. The van der Waals surface area contributed by atoms with E-state index in [0.29, 0.717) is 32.6 Å². The molecule has 8 nitrogen and oxygen atoms in total. The van der Waals surface area contributed by atoms with Gasteiger partial charge in [0.05, 0.1) is 30.6 Å². The quantitative estimate of drug-likeness (QED) is 0.230. The molecular weight excluding hydrogens is 586 g/mol. The Bertz CT molecular complexity index is 1430. The van der Waals surface area contributed by atoms with E-state index in [1.165, 1.54) is 19.1 Å². The molecule has 13 heteroatoms. The summed E-state index contributed by atoms with van der Waals surface area (Å²) in [4.78, 5) is 23.0. The number of nitrogens with zero attached hydrogens (tertiary/aromatic N) is 2. The lowest BCUT2D eigenvalue weighted by molar-refractivity contribution is -0.334. The van der Waals surface area contributed by atoms with Gasteiger partial charge in [-0.2, -0.15) is 5.10 Å². The monoisotopic (exact) mass is 611 g/mol. The van der Waals surface area contributed by atoms with E-state index in [0.717, 1.165) is 5.56 Å². The molecule has 0 saturated carbocycles. The van der Waals surface area contributed by atoms with Gasteiger partial charge in [-0.15, -0.1) is 13.2 Å². The lowest BCUT2D eigenvalue weighted by Crippen LogP contribution is -2.36. The van der Waals surface area contributed by atoms with Gasteiger partial charge in [0.15, 0.2) is 6.10 Å². The summed E-state index contributed by atoms with van der Waals surface area (Å²) in [6.07, 6.45) is -3.24. The summed E-state index contributed by atoms with van der Waals surface area (Å²) in [5.74, 6) is -2.00. The summed E-state index contributed by atoms with van der Waals surface area (Å²) >= 11 is 12.5. The average Bonchev–Trinajstić information content (AvgIpc) is 3.29. The number of aliphatic hydroxyl groups excluding tert-OH is 1. The minimum absolute atomic E-state index is 0.243. The van der Waals surface area contributed by atoms with Crippen LogP contribution in [-0.2, 0) is 16.1 Å². The highest BCUT2D eigenvalue weighted by atomic mass is 35.5. The number of carbonyl (C=O) groups excluding carboxylic acids is 1. The number of nitrogens with one attached hydrogen (secondary N) is 1. The number of alkyl halides is 3.